The third-order valence-electron chi connectivity index (χ3n) is 9.33. The molecule has 5 aliphatic rings. The minimum atomic E-state index is -0.671. The third-order valence-corrected chi connectivity index (χ3v) is 10.00. The Balaban J connectivity index is 1.09. The summed E-state index contributed by atoms with van der Waals surface area (Å²) >= 11 is 2.35. The molecule has 0 spiro atoms. The van der Waals surface area contributed by atoms with Crippen molar-refractivity contribution in [3.8, 4) is 0 Å². The van der Waals surface area contributed by atoms with Crippen LogP contribution in [0.5, 0.6) is 0 Å². The SMILES string of the molecule is CC(C)(C)C(CCC1CC=C(C2CC2)N=N1)C(=O)N1CC(O)CC1C(=O)NC1C2Cc3cc(I)ccc3C21. The Morgan fingerprint density at radius 2 is 2.05 bits per heavy atom. The molecule has 2 aliphatic heterocycles. The summed E-state index contributed by atoms with van der Waals surface area (Å²) in [4.78, 5) is 29.1. The number of azo groups is 1. The van der Waals surface area contributed by atoms with Crippen LogP contribution in [0, 0.1) is 26.7 Å². The van der Waals surface area contributed by atoms with E-state index in [2.05, 4.69) is 83.2 Å². The predicted molar refractivity (Wildman–Crippen MR) is 153 cm³/mol. The summed E-state index contributed by atoms with van der Waals surface area (Å²) in [6.07, 6.45) is 7.69. The molecule has 2 saturated carbocycles. The van der Waals surface area contributed by atoms with E-state index in [-0.39, 0.29) is 41.8 Å². The molecular formula is C30H39IN4O3. The van der Waals surface area contributed by atoms with Gasteiger partial charge in [-0.2, -0.15) is 10.2 Å². The number of likely N-dealkylation sites (tertiary alicyclic amines) is 1. The average Bonchev–Trinajstić information content (AvgIpc) is 3.74. The van der Waals surface area contributed by atoms with Gasteiger partial charge >= 0.3 is 0 Å². The Bertz CT molecular complexity index is 1190. The number of hydrogen-bond donors (Lipinski definition) is 2. The summed E-state index contributed by atoms with van der Waals surface area (Å²) in [5.74, 6) is 1.05. The van der Waals surface area contributed by atoms with E-state index in [1.807, 2.05) is 0 Å². The van der Waals surface area contributed by atoms with E-state index in [0.29, 0.717) is 30.6 Å². The Kier molecular flexibility index (Phi) is 6.94. The molecule has 7 unspecified atom stereocenters. The van der Waals surface area contributed by atoms with Crippen molar-refractivity contribution >= 4 is 34.4 Å². The zero-order valence-corrected chi connectivity index (χ0v) is 24.7. The number of fused-ring (bicyclic) bond motifs is 3. The highest BCUT2D eigenvalue weighted by Crippen LogP contribution is 2.56. The van der Waals surface area contributed by atoms with Gasteiger partial charge in [0.1, 0.15) is 6.04 Å². The number of aliphatic hydroxyl groups is 1. The molecule has 3 fully saturated rings. The summed E-state index contributed by atoms with van der Waals surface area (Å²) in [6, 6.07) is 6.21. The lowest BCUT2D eigenvalue weighted by molar-refractivity contribution is -0.145. The molecule has 0 aromatic heterocycles. The van der Waals surface area contributed by atoms with E-state index in [1.54, 1.807) is 4.90 Å². The first kappa shape index (κ1) is 26.4. The van der Waals surface area contributed by atoms with Crippen LogP contribution >= 0.6 is 22.6 Å². The van der Waals surface area contributed by atoms with Gasteiger partial charge in [-0.15, -0.1) is 0 Å². The summed E-state index contributed by atoms with van der Waals surface area (Å²) in [7, 11) is 0. The normalized spacial score (nSPS) is 32.4. The van der Waals surface area contributed by atoms with Gasteiger partial charge < -0.3 is 15.3 Å². The van der Waals surface area contributed by atoms with E-state index >= 15 is 0 Å². The summed E-state index contributed by atoms with van der Waals surface area (Å²) < 4.78 is 1.25. The number of aliphatic hydroxyl groups excluding tert-OH is 1. The number of hydrogen-bond acceptors (Lipinski definition) is 5. The molecule has 2 N–H and O–H groups in total. The number of halogens is 1. The van der Waals surface area contributed by atoms with Crippen LogP contribution in [-0.4, -0.2) is 52.6 Å². The molecule has 204 valence electrons. The van der Waals surface area contributed by atoms with Crippen molar-refractivity contribution in [3.63, 3.8) is 0 Å². The molecule has 0 radical (unpaired) electrons. The van der Waals surface area contributed by atoms with E-state index in [9.17, 15) is 14.7 Å². The highest BCUT2D eigenvalue weighted by molar-refractivity contribution is 14.1. The smallest absolute Gasteiger partial charge is 0.243 e. The first-order valence-electron chi connectivity index (χ1n) is 14.3. The minimum absolute atomic E-state index is 0.0212. The Morgan fingerprint density at radius 1 is 1.26 bits per heavy atom. The second-order valence-corrected chi connectivity index (χ2v) is 14.4. The van der Waals surface area contributed by atoms with Crippen molar-refractivity contribution in [3.05, 3.63) is 44.7 Å². The number of β-amino-alcohol motifs (C(OH)–C–C–N with tert-alkyl or cyclic N) is 1. The molecule has 1 aromatic carbocycles. The predicted octanol–water partition coefficient (Wildman–Crippen LogP) is 4.97. The molecule has 7 nitrogen and oxygen atoms in total. The molecule has 38 heavy (non-hydrogen) atoms. The molecule has 1 aromatic rings. The first-order valence-corrected chi connectivity index (χ1v) is 15.4. The molecule has 2 amide bonds. The molecule has 7 atom stereocenters. The van der Waals surface area contributed by atoms with Crippen molar-refractivity contribution in [1.29, 1.82) is 0 Å². The van der Waals surface area contributed by atoms with E-state index in [0.717, 1.165) is 25.0 Å². The average molecular weight is 631 g/mol. The Labute approximate surface area is 239 Å². The van der Waals surface area contributed by atoms with Crippen molar-refractivity contribution in [1.82, 2.24) is 10.2 Å². The van der Waals surface area contributed by atoms with Gasteiger partial charge in [-0.05, 0) is 95.7 Å². The van der Waals surface area contributed by atoms with Crippen LogP contribution in [0.15, 0.2) is 40.2 Å². The zero-order valence-electron chi connectivity index (χ0n) is 22.6. The Morgan fingerprint density at radius 3 is 2.74 bits per heavy atom. The second kappa shape index (κ2) is 9.98. The Hall–Kier alpha value is -1.81. The van der Waals surface area contributed by atoms with Crippen molar-refractivity contribution in [2.24, 2.45) is 33.4 Å². The lowest BCUT2D eigenvalue weighted by atomic mass is 9.76. The lowest BCUT2D eigenvalue weighted by Crippen LogP contribution is -2.50. The van der Waals surface area contributed by atoms with Crippen molar-refractivity contribution in [2.75, 3.05) is 6.54 Å². The molecule has 2 heterocycles. The molecule has 1 saturated heterocycles. The number of nitrogens with zero attached hydrogens (tertiary/aromatic N) is 3. The van der Waals surface area contributed by atoms with E-state index in [4.69, 9.17) is 0 Å². The summed E-state index contributed by atoms with van der Waals surface area (Å²) in [5.41, 5.74) is 3.63. The van der Waals surface area contributed by atoms with Gasteiger partial charge in [0.2, 0.25) is 11.8 Å². The fourth-order valence-corrected chi connectivity index (χ4v) is 7.48. The maximum atomic E-state index is 13.9. The van der Waals surface area contributed by atoms with E-state index < -0.39 is 12.1 Å². The first-order chi connectivity index (χ1) is 18.1. The van der Waals surface area contributed by atoms with Crippen molar-refractivity contribution < 1.29 is 14.7 Å². The van der Waals surface area contributed by atoms with Gasteiger partial charge in [0.15, 0.2) is 0 Å². The monoisotopic (exact) mass is 630 g/mol. The second-order valence-electron chi connectivity index (χ2n) is 13.2. The van der Waals surface area contributed by atoms with Gasteiger partial charge in [-0.3, -0.25) is 9.59 Å². The third kappa shape index (κ3) is 5.19. The van der Waals surface area contributed by atoms with Crippen LogP contribution < -0.4 is 5.32 Å². The molecular weight excluding hydrogens is 591 g/mol. The molecule has 8 heteroatoms. The molecule has 0 bridgehead atoms. The number of benzene rings is 1. The van der Waals surface area contributed by atoms with Gasteiger partial charge in [-0.1, -0.05) is 32.9 Å². The van der Waals surface area contributed by atoms with E-state index in [1.165, 1.54) is 27.5 Å². The highest BCUT2D eigenvalue weighted by Gasteiger charge is 2.57. The summed E-state index contributed by atoms with van der Waals surface area (Å²) in [5, 5.41) is 22.8. The van der Waals surface area contributed by atoms with Crippen LogP contribution in [-0.2, 0) is 16.0 Å². The van der Waals surface area contributed by atoms with Gasteiger partial charge in [0, 0.05) is 40.3 Å². The molecule has 3 aliphatic carbocycles. The highest BCUT2D eigenvalue weighted by atomic mass is 127. The van der Waals surface area contributed by atoms with Crippen LogP contribution in [0.25, 0.3) is 0 Å². The van der Waals surface area contributed by atoms with Gasteiger partial charge in [-0.25, -0.2) is 0 Å². The number of amides is 2. The number of allylic oxidation sites excluding steroid dienone is 1. The van der Waals surface area contributed by atoms with Crippen LogP contribution in [0.4, 0.5) is 0 Å². The number of rotatable bonds is 7. The van der Waals surface area contributed by atoms with Crippen molar-refractivity contribution in [2.45, 2.75) is 95.9 Å². The van der Waals surface area contributed by atoms with Crippen LogP contribution in [0.3, 0.4) is 0 Å². The van der Waals surface area contributed by atoms with Gasteiger partial charge in [0.05, 0.1) is 17.8 Å². The largest absolute Gasteiger partial charge is 0.391 e. The number of carbonyl (C=O) groups excluding carboxylic acids is 2. The van der Waals surface area contributed by atoms with Crippen LogP contribution in [0.2, 0.25) is 0 Å². The topological polar surface area (TPSA) is 94.4 Å². The maximum Gasteiger partial charge on any atom is 0.243 e. The fourth-order valence-electron chi connectivity index (χ4n) is 6.93. The number of carbonyl (C=O) groups is 2. The van der Waals surface area contributed by atoms with Crippen LogP contribution in [0.1, 0.15) is 76.3 Å². The fraction of sp³-hybridized carbons (Fsp3) is 0.667. The zero-order chi connectivity index (χ0) is 26.8. The minimum Gasteiger partial charge on any atom is -0.391 e. The number of nitrogens with one attached hydrogen (secondary N) is 1. The molecule has 6 rings (SSSR count). The quantitative estimate of drug-likeness (QED) is 0.417. The lowest BCUT2D eigenvalue weighted by Gasteiger charge is -2.35. The standard InChI is InChI=1S/C30H39IN4O3/c1-30(2,3)23(10-7-19-8-11-24(34-33-19)16-4-5-16)29(38)35-15-20(36)14-25(35)28(37)32-27-22-13-17-12-18(31)6-9-21(17)26(22)27/h6,9,11-12,16,19-20,22-23,25-27,36H,4-5,7-8,10,13-15H2,1-3H3,(H,32,37). The van der Waals surface area contributed by atoms with Gasteiger partial charge in [0.25, 0.3) is 0 Å². The summed E-state index contributed by atoms with van der Waals surface area (Å²) in [6.45, 7) is 6.50. The maximum absolute atomic E-state index is 13.9.